The van der Waals surface area contributed by atoms with Crippen molar-refractivity contribution in [2.75, 3.05) is 19.8 Å². The second-order valence-electron chi connectivity index (χ2n) is 6.70. The quantitative estimate of drug-likeness (QED) is 0.893. The largest absolute Gasteiger partial charge is 0.381 e. The van der Waals surface area contributed by atoms with Crippen molar-refractivity contribution in [3.8, 4) is 0 Å². The van der Waals surface area contributed by atoms with E-state index in [1.807, 2.05) is 0 Å². The fourth-order valence-electron chi connectivity index (χ4n) is 4.14. The molecule has 1 saturated heterocycles. The topological polar surface area (TPSA) is 21.3 Å². The molecular formula is C19H29NO. The summed E-state index contributed by atoms with van der Waals surface area (Å²) < 4.78 is 5.57. The van der Waals surface area contributed by atoms with E-state index in [1.165, 1.54) is 38.5 Å². The van der Waals surface area contributed by atoms with E-state index in [1.54, 1.807) is 11.1 Å². The van der Waals surface area contributed by atoms with Crippen molar-refractivity contribution in [3.05, 3.63) is 35.4 Å². The molecule has 2 aliphatic rings. The van der Waals surface area contributed by atoms with Gasteiger partial charge in [-0.3, -0.25) is 0 Å². The summed E-state index contributed by atoms with van der Waals surface area (Å²) in [7, 11) is 0. The Morgan fingerprint density at radius 2 is 1.86 bits per heavy atom. The second-order valence-corrected chi connectivity index (χ2v) is 6.70. The van der Waals surface area contributed by atoms with Gasteiger partial charge in [0.25, 0.3) is 0 Å². The van der Waals surface area contributed by atoms with Crippen LogP contribution in [0, 0.1) is 11.8 Å². The fraction of sp³-hybridized carbons (Fsp3) is 0.684. The maximum Gasteiger partial charge on any atom is 0.0469 e. The van der Waals surface area contributed by atoms with Gasteiger partial charge in [-0.05, 0) is 68.0 Å². The van der Waals surface area contributed by atoms with Gasteiger partial charge in [-0.15, -0.1) is 0 Å². The van der Waals surface area contributed by atoms with Crippen LogP contribution in [0.15, 0.2) is 24.3 Å². The Balaban J connectivity index is 1.71. The highest BCUT2D eigenvalue weighted by Gasteiger charge is 2.32. The Bertz CT molecular complexity index is 439. The summed E-state index contributed by atoms with van der Waals surface area (Å²) >= 11 is 0. The van der Waals surface area contributed by atoms with Crippen LogP contribution in [-0.4, -0.2) is 25.8 Å². The van der Waals surface area contributed by atoms with E-state index in [0.717, 1.165) is 31.6 Å². The number of aryl methyl sites for hydroxylation is 1. The summed E-state index contributed by atoms with van der Waals surface area (Å²) in [5.41, 5.74) is 3.17. The molecule has 1 aromatic rings. The first kappa shape index (κ1) is 15.1. The number of benzene rings is 1. The van der Waals surface area contributed by atoms with E-state index in [9.17, 15) is 0 Å². The molecular weight excluding hydrogens is 258 g/mol. The molecule has 2 atom stereocenters. The van der Waals surface area contributed by atoms with Gasteiger partial charge >= 0.3 is 0 Å². The normalized spacial score (nSPS) is 24.5. The number of rotatable bonds is 5. The molecule has 116 valence electrons. The number of fused-ring (bicyclic) bond motifs is 1. The lowest BCUT2D eigenvalue weighted by Crippen LogP contribution is -2.46. The second kappa shape index (κ2) is 7.42. The first-order chi connectivity index (χ1) is 10.4. The molecule has 1 aliphatic carbocycles. The van der Waals surface area contributed by atoms with Crippen molar-refractivity contribution in [2.24, 2.45) is 11.8 Å². The smallest absolute Gasteiger partial charge is 0.0469 e. The van der Waals surface area contributed by atoms with Crippen LogP contribution in [0.5, 0.6) is 0 Å². The van der Waals surface area contributed by atoms with E-state index in [-0.39, 0.29) is 0 Å². The maximum absolute atomic E-state index is 5.57. The Morgan fingerprint density at radius 3 is 2.62 bits per heavy atom. The number of nitrogens with one attached hydrogen (secondary N) is 1. The molecule has 1 heterocycles. The average molecular weight is 287 g/mol. The Morgan fingerprint density at radius 1 is 1.10 bits per heavy atom. The minimum absolute atomic E-state index is 0.683. The van der Waals surface area contributed by atoms with Crippen LogP contribution in [-0.2, 0) is 17.6 Å². The molecule has 1 aromatic carbocycles. The van der Waals surface area contributed by atoms with Crippen LogP contribution in [0.3, 0.4) is 0 Å². The molecule has 0 bridgehead atoms. The van der Waals surface area contributed by atoms with Gasteiger partial charge in [0.15, 0.2) is 0 Å². The summed E-state index contributed by atoms with van der Waals surface area (Å²) in [6.45, 7) is 5.33. The number of hydrogen-bond donors (Lipinski definition) is 1. The van der Waals surface area contributed by atoms with E-state index in [4.69, 9.17) is 4.74 Å². The van der Waals surface area contributed by atoms with Crippen molar-refractivity contribution in [3.63, 3.8) is 0 Å². The molecule has 2 nitrogen and oxygen atoms in total. The summed E-state index contributed by atoms with van der Waals surface area (Å²) in [6, 6.07) is 9.72. The standard InChI is InChI=1S/C19H29NO/c1-2-11-20-19(16-9-12-21-13-10-16)18-8-7-15-5-3-4-6-17(15)14-18/h3-6,16,18-20H,2,7-14H2,1H3. The fourth-order valence-corrected chi connectivity index (χ4v) is 4.14. The van der Waals surface area contributed by atoms with Gasteiger partial charge in [0.1, 0.15) is 0 Å². The lowest BCUT2D eigenvalue weighted by molar-refractivity contribution is 0.0430. The molecule has 0 spiro atoms. The van der Waals surface area contributed by atoms with Gasteiger partial charge in [0, 0.05) is 19.3 Å². The first-order valence-electron chi connectivity index (χ1n) is 8.76. The number of hydrogen-bond acceptors (Lipinski definition) is 2. The van der Waals surface area contributed by atoms with Crippen molar-refractivity contribution in [1.29, 1.82) is 0 Å². The zero-order valence-electron chi connectivity index (χ0n) is 13.3. The van der Waals surface area contributed by atoms with Crippen LogP contribution in [0.25, 0.3) is 0 Å². The van der Waals surface area contributed by atoms with Crippen molar-refractivity contribution in [1.82, 2.24) is 5.32 Å². The van der Waals surface area contributed by atoms with Gasteiger partial charge in [0.05, 0.1) is 0 Å². The molecule has 3 rings (SSSR count). The summed E-state index contributed by atoms with van der Waals surface area (Å²) in [6.07, 6.45) is 7.56. The molecule has 2 heteroatoms. The average Bonchev–Trinajstić information content (AvgIpc) is 2.56. The summed E-state index contributed by atoms with van der Waals surface area (Å²) in [5.74, 6) is 1.61. The highest BCUT2D eigenvalue weighted by molar-refractivity contribution is 5.30. The van der Waals surface area contributed by atoms with E-state index >= 15 is 0 Å². The van der Waals surface area contributed by atoms with Crippen molar-refractivity contribution in [2.45, 2.75) is 51.5 Å². The molecule has 1 aliphatic heterocycles. The molecule has 1 N–H and O–H groups in total. The predicted molar refractivity (Wildman–Crippen MR) is 87.6 cm³/mol. The van der Waals surface area contributed by atoms with Gasteiger partial charge in [-0.2, -0.15) is 0 Å². The SMILES string of the molecule is CCCNC(C1CCOCC1)C1CCc2ccccc2C1. The van der Waals surface area contributed by atoms with Crippen molar-refractivity contribution >= 4 is 0 Å². The van der Waals surface area contributed by atoms with Gasteiger partial charge < -0.3 is 10.1 Å². The maximum atomic E-state index is 5.57. The van der Waals surface area contributed by atoms with Gasteiger partial charge in [0.2, 0.25) is 0 Å². The molecule has 0 aromatic heterocycles. The molecule has 0 amide bonds. The van der Waals surface area contributed by atoms with Gasteiger partial charge in [-0.25, -0.2) is 0 Å². The van der Waals surface area contributed by atoms with Crippen LogP contribution < -0.4 is 5.32 Å². The molecule has 2 unspecified atom stereocenters. The Hall–Kier alpha value is -0.860. The third kappa shape index (κ3) is 3.67. The molecule has 0 radical (unpaired) electrons. The summed E-state index contributed by atoms with van der Waals surface area (Å²) in [4.78, 5) is 0. The minimum Gasteiger partial charge on any atom is -0.381 e. The van der Waals surface area contributed by atoms with Gasteiger partial charge in [-0.1, -0.05) is 31.2 Å². The predicted octanol–water partition coefficient (Wildman–Crippen LogP) is 3.59. The van der Waals surface area contributed by atoms with Crippen molar-refractivity contribution < 1.29 is 4.74 Å². The van der Waals surface area contributed by atoms with E-state index in [0.29, 0.717) is 6.04 Å². The lowest BCUT2D eigenvalue weighted by atomic mass is 9.74. The van der Waals surface area contributed by atoms with Crippen LogP contribution in [0.1, 0.15) is 43.7 Å². The Kier molecular flexibility index (Phi) is 5.32. The highest BCUT2D eigenvalue weighted by Crippen LogP contribution is 2.33. The zero-order chi connectivity index (χ0) is 14.5. The minimum atomic E-state index is 0.683. The van der Waals surface area contributed by atoms with Crippen LogP contribution in [0.4, 0.5) is 0 Å². The zero-order valence-corrected chi connectivity index (χ0v) is 13.3. The summed E-state index contributed by atoms with van der Waals surface area (Å²) in [5, 5.41) is 3.88. The third-order valence-electron chi connectivity index (χ3n) is 5.30. The third-order valence-corrected chi connectivity index (χ3v) is 5.30. The van der Waals surface area contributed by atoms with Crippen LogP contribution >= 0.6 is 0 Å². The molecule has 1 fully saturated rings. The molecule has 21 heavy (non-hydrogen) atoms. The Labute approximate surface area is 129 Å². The molecule has 0 saturated carbocycles. The van der Waals surface area contributed by atoms with E-state index in [2.05, 4.69) is 36.5 Å². The highest BCUT2D eigenvalue weighted by atomic mass is 16.5. The van der Waals surface area contributed by atoms with E-state index < -0.39 is 0 Å². The monoisotopic (exact) mass is 287 g/mol. The number of ether oxygens (including phenoxy) is 1. The van der Waals surface area contributed by atoms with Crippen LogP contribution in [0.2, 0.25) is 0 Å². The first-order valence-corrected chi connectivity index (χ1v) is 8.76. The lowest BCUT2D eigenvalue weighted by Gasteiger charge is -2.39.